The first kappa shape index (κ1) is 18.3. The molecule has 24 heavy (non-hydrogen) atoms. The fourth-order valence-corrected chi connectivity index (χ4v) is 4.41. The summed E-state index contributed by atoms with van der Waals surface area (Å²) in [6, 6.07) is 14.1. The molecule has 0 spiro atoms. The van der Waals surface area contributed by atoms with Crippen molar-refractivity contribution in [1.82, 2.24) is 0 Å². The summed E-state index contributed by atoms with van der Waals surface area (Å²) in [6.07, 6.45) is -10.8. The predicted molar refractivity (Wildman–Crippen MR) is 80.8 cm³/mol. The van der Waals surface area contributed by atoms with Gasteiger partial charge in [-0.25, -0.2) is 0 Å². The quantitative estimate of drug-likeness (QED) is 0.461. The number of benzene rings is 2. The van der Waals surface area contributed by atoms with Crippen LogP contribution in [0.25, 0.3) is 0 Å². The van der Waals surface area contributed by atoms with E-state index in [-0.39, 0.29) is 10.6 Å². The minimum Gasteiger partial charge on any atom is -0.504 e. The van der Waals surface area contributed by atoms with Crippen LogP contribution in [-0.4, -0.2) is 17.5 Å². The Labute approximate surface area is 135 Å². The molecule has 0 saturated heterocycles. The minimum atomic E-state index is -5.49. The number of hydrogen-bond donors (Lipinski definition) is 1. The van der Waals surface area contributed by atoms with Gasteiger partial charge in [-0.1, -0.05) is 60.7 Å². The third-order valence-electron chi connectivity index (χ3n) is 3.01. The van der Waals surface area contributed by atoms with Crippen molar-refractivity contribution in [2.45, 2.75) is 12.4 Å². The van der Waals surface area contributed by atoms with Crippen LogP contribution < -0.4 is 10.6 Å². The SMILES string of the molecule is O/C(=C(\P(c1ccccc1)c1ccccc1)C(F)(F)F)C(F)(F)F. The molecule has 1 nitrogen and oxygen atoms in total. The molecule has 1 N–H and O–H groups in total. The summed E-state index contributed by atoms with van der Waals surface area (Å²) in [7, 11) is -2.62. The summed E-state index contributed by atoms with van der Waals surface area (Å²) in [6.45, 7) is 0. The molecule has 0 aliphatic rings. The van der Waals surface area contributed by atoms with Crippen LogP contribution in [0, 0.1) is 0 Å². The van der Waals surface area contributed by atoms with Crippen LogP contribution >= 0.6 is 7.92 Å². The molecular weight excluding hydrogens is 353 g/mol. The van der Waals surface area contributed by atoms with Gasteiger partial charge in [-0.3, -0.25) is 0 Å². The van der Waals surface area contributed by atoms with Crippen molar-refractivity contribution in [2.24, 2.45) is 0 Å². The molecule has 0 saturated carbocycles. The van der Waals surface area contributed by atoms with Crippen molar-refractivity contribution < 1.29 is 31.4 Å². The lowest BCUT2D eigenvalue weighted by atomic mass is 10.4. The molecule has 0 aliphatic heterocycles. The summed E-state index contributed by atoms with van der Waals surface area (Å²) in [5.41, 5.74) is 0. The fraction of sp³-hybridized carbons (Fsp3) is 0.125. The van der Waals surface area contributed by atoms with Gasteiger partial charge in [0.05, 0.1) is 0 Å². The van der Waals surface area contributed by atoms with Crippen molar-refractivity contribution in [3.05, 3.63) is 71.7 Å². The third kappa shape index (κ3) is 4.09. The number of halogens is 6. The van der Waals surface area contributed by atoms with Crippen LogP contribution in [0.1, 0.15) is 0 Å². The van der Waals surface area contributed by atoms with Crippen LogP contribution in [0.4, 0.5) is 26.3 Å². The molecular formula is C16H11F6OP. The largest absolute Gasteiger partial charge is 0.504 e. The number of allylic oxidation sites excluding steroid dienone is 2. The second-order valence-corrected chi connectivity index (χ2v) is 6.85. The van der Waals surface area contributed by atoms with Gasteiger partial charge in [-0.2, -0.15) is 26.3 Å². The number of hydrogen-bond acceptors (Lipinski definition) is 1. The monoisotopic (exact) mass is 364 g/mol. The molecule has 128 valence electrons. The Morgan fingerprint density at radius 3 is 1.33 bits per heavy atom. The maximum absolute atomic E-state index is 13.4. The lowest BCUT2D eigenvalue weighted by Gasteiger charge is -2.25. The van der Waals surface area contributed by atoms with Gasteiger partial charge < -0.3 is 5.11 Å². The second-order valence-electron chi connectivity index (χ2n) is 4.70. The van der Waals surface area contributed by atoms with Crippen molar-refractivity contribution in [3.8, 4) is 0 Å². The lowest BCUT2D eigenvalue weighted by Crippen LogP contribution is -2.27. The Kier molecular flexibility index (Phi) is 5.23. The first-order valence-corrected chi connectivity index (χ1v) is 7.94. The maximum atomic E-state index is 13.4. The lowest BCUT2D eigenvalue weighted by molar-refractivity contribution is -0.134. The fourth-order valence-electron chi connectivity index (χ4n) is 2.06. The van der Waals surface area contributed by atoms with E-state index in [1.165, 1.54) is 48.5 Å². The smallest absolute Gasteiger partial charge is 0.449 e. The molecule has 0 unspecified atom stereocenters. The van der Waals surface area contributed by atoms with Gasteiger partial charge in [0.25, 0.3) is 0 Å². The molecule has 2 aromatic carbocycles. The Balaban J connectivity index is 2.77. The molecule has 0 heterocycles. The molecule has 0 bridgehead atoms. The van der Waals surface area contributed by atoms with Crippen LogP contribution in [-0.2, 0) is 0 Å². The Morgan fingerprint density at radius 1 is 0.667 bits per heavy atom. The number of alkyl halides is 6. The van der Waals surface area contributed by atoms with Gasteiger partial charge in [-0.05, 0) is 18.5 Å². The Hall–Kier alpha value is -2.01. The molecule has 8 heteroatoms. The highest BCUT2D eigenvalue weighted by molar-refractivity contribution is 7.76. The van der Waals surface area contributed by atoms with Crippen LogP contribution in [0.15, 0.2) is 71.7 Å². The van der Waals surface area contributed by atoms with Gasteiger partial charge >= 0.3 is 12.4 Å². The summed E-state index contributed by atoms with van der Waals surface area (Å²) < 4.78 is 78.7. The predicted octanol–water partition coefficient (Wildman–Crippen LogP) is 5.01. The summed E-state index contributed by atoms with van der Waals surface area (Å²) in [5.74, 6) is -2.60. The van der Waals surface area contributed by atoms with E-state index in [0.29, 0.717) is 0 Å². The molecule has 0 radical (unpaired) electrons. The maximum Gasteiger partial charge on any atom is 0.449 e. The highest BCUT2D eigenvalue weighted by Crippen LogP contribution is 2.54. The second kappa shape index (κ2) is 6.85. The third-order valence-corrected chi connectivity index (χ3v) is 5.56. The molecule has 0 fully saturated rings. The van der Waals surface area contributed by atoms with Gasteiger partial charge in [-0.15, -0.1) is 0 Å². The van der Waals surface area contributed by atoms with Crippen LogP contribution in [0.5, 0.6) is 0 Å². The van der Waals surface area contributed by atoms with Crippen molar-refractivity contribution in [3.63, 3.8) is 0 Å². The average molecular weight is 364 g/mol. The van der Waals surface area contributed by atoms with E-state index in [0.717, 1.165) is 0 Å². The number of rotatable bonds is 3. The van der Waals surface area contributed by atoms with Gasteiger partial charge in [0, 0.05) is 0 Å². The summed E-state index contributed by atoms with van der Waals surface area (Å²) in [4.78, 5) is 0. The molecule has 2 aromatic rings. The molecule has 0 aromatic heterocycles. The van der Waals surface area contributed by atoms with Crippen molar-refractivity contribution in [2.75, 3.05) is 0 Å². The van der Waals surface area contributed by atoms with Gasteiger partial charge in [0.1, 0.15) is 5.31 Å². The van der Waals surface area contributed by atoms with E-state index in [1.807, 2.05) is 0 Å². The topological polar surface area (TPSA) is 20.2 Å². The van der Waals surface area contributed by atoms with Gasteiger partial charge in [0.15, 0.2) is 0 Å². The van der Waals surface area contributed by atoms with E-state index in [1.54, 1.807) is 12.1 Å². The van der Waals surface area contributed by atoms with Crippen molar-refractivity contribution in [1.29, 1.82) is 0 Å². The summed E-state index contributed by atoms with van der Waals surface area (Å²) in [5, 5.41) is 7.47. The normalized spacial score (nSPS) is 13.8. The van der Waals surface area contributed by atoms with E-state index < -0.39 is 31.3 Å². The van der Waals surface area contributed by atoms with Crippen LogP contribution in [0.3, 0.4) is 0 Å². The van der Waals surface area contributed by atoms with E-state index in [9.17, 15) is 31.4 Å². The first-order chi connectivity index (χ1) is 11.1. The molecule has 0 amide bonds. The Morgan fingerprint density at radius 2 is 1.04 bits per heavy atom. The number of aliphatic hydroxyl groups excluding tert-OH is 1. The minimum absolute atomic E-state index is 0.0572. The van der Waals surface area contributed by atoms with E-state index in [4.69, 9.17) is 0 Å². The number of aliphatic hydroxyl groups is 1. The first-order valence-electron chi connectivity index (χ1n) is 6.60. The standard InChI is InChI=1S/C16H11F6OP/c17-15(18,19)13(23)14(16(20,21)22)24(11-7-3-1-4-8-11)12-9-5-2-6-10-12/h1-10,23H/b14-13-. The van der Waals surface area contributed by atoms with Gasteiger partial charge in [0.2, 0.25) is 5.76 Å². The average Bonchev–Trinajstić information content (AvgIpc) is 2.51. The zero-order valence-corrected chi connectivity index (χ0v) is 12.8. The Bertz CT molecular complexity index is 667. The molecule has 0 aliphatic carbocycles. The molecule has 0 atom stereocenters. The van der Waals surface area contributed by atoms with Crippen molar-refractivity contribution >= 4 is 18.5 Å². The van der Waals surface area contributed by atoms with E-state index in [2.05, 4.69) is 0 Å². The highest BCUT2D eigenvalue weighted by atomic mass is 31.1. The zero-order valence-electron chi connectivity index (χ0n) is 11.9. The molecule has 2 rings (SSSR count). The zero-order chi connectivity index (χ0) is 18.0. The highest BCUT2D eigenvalue weighted by Gasteiger charge is 2.49. The summed E-state index contributed by atoms with van der Waals surface area (Å²) >= 11 is 0. The van der Waals surface area contributed by atoms with Crippen LogP contribution in [0.2, 0.25) is 0 Å². The van der Waals surface area contributed by atoms with E-state index >= 15 is 0 Å².